The van der Waals surface area contributed by atoms with Gasteiger partial charge >= 0.3 is 5.97 Å². The van der Waals surface area contributed by atoms with Crippen LogP contribution >= 0.6 is 11.6 Å². The van der Waals surface area contributed by atoms with Crippen molar-refractivity contribution in [1.82, 2.24) is 9.78 Å². The summed E-state index contributed by atoms with van der Waals surface area (Å²) in [5.41, 5.74) is 0.161. The summed E-state index contributed by atoms with van der Waals surface area (Å²) in [6, 6.07) is 10.1. The molecule has 0 saturated carbocycles. The SMILES string of the molecule is CCOC(=O)c1cnn(C)c1NC(=O)c1ccc(COc2cccc(Cl)c2)o1. The average molecular weight is 404 g/mol. The number of furan rings is 1. The lowest BCUT2D eigenvalue weighted by Crippen LogP contribution is -2.17. The van der Waals surface area contributed by atoms with E-state index in [-0.39, 0.29) is 30.4 Å². The number of ether oxygens (including phenoxy) is 2. The molecule has 0 aliphatic carbocycles. The smallest absolute Gasteiger partial charge is 0.343 e. The minimum atomic E-state index is -0.569. The monoisotopic (exact) mass is 403 g/mol. The van der Waals surface area contributed by atoms with Crippen LogP contribution in [-0.4, -0.2) is 28.3 Å². The van der Waals surface area contributed by atoms with E-state index in [1.165, 1.54) is 16.9 Å². The highest BCUT2D eigenvalue weighted by Crippen LogP contribution is 2.20. The van der Waals surface area contributed by atoms with Gasteiger partial charge in [-0.05, 0) is 37.3 Å². The molecule has 9 heteroatoms. The number of aromatic nitrogens is 2. The Balaban J connectivity index is 1.66. The molecule has 28 heavy (non-hydrogen) atoms. The van der Waals surface area contributed by atoms with Gasteiger partial charge in [-0.15, -0.1) is 0 Å². The first kappa shape index (κ1) is 19.5. The normalized spacial score (nSPS) is 10.5. The highest BCUT2D eigenvalue weighted by molar-refractivity contribution is 6.30. The Morgan fingerprint density at radius 2 is 2.11 bits per heavy atom. The molecule has 0 spiro atoms. The van der Waals surface area contributed by atoms with Gasteiger partial charge in [0.25, 0.3) is 5.91 Å². The van der Waals surface area contributed by atoms with Crippen LogP contribution in [0.25, 0.3) is 0 Å². The molecule has 1 amide bonds. The molecule has 8 nitrogen and oxygen atoms in total. The Hall–Kier alpha value is -3.26. The van der Waals surface area contributed by atoms with E-state index >= 15 is 0 Å². The molecule has 0 atom stereocenters. The molecule has 2 heterocycles. The first-order valence-corrected chi connectivity index (χ1v) is 8.83. The van der Waals surface area contributed by atoms with Crippen molar-refractivity contribution >= 4 is 29.3 Å². The summed E-state index contributed by atoms with van der Waals surface area (Å²) in [4.78, 5) is 24.4. The number of carbonyl (C=O) groups excluding carboxylic acids is 2. The van der Waals surface area contributed by atoms with Gasteiger partial charge in [-0.25, -0.2) is 4.79 Å². The molecule has 0 fully saturated rings. The molecule has 0 aliphatic rings. The quantitative estimate of drug-likeness (QED) is 0.604. The third-order valence-corrected chi connectivity index (χ3v) is 3.96. The Morgan fingerprint density at radius 1 is 1.29 bits per heavy atom. The zero-order valence-corrected chi connectivity index (χ0v) is 16.0. The topological polar surface area (TPSA) is 95.6 Å². The fourth-order valence-electron chi connectivity index (χ4n) is 2.40. The second kappa shape index (κ2) is 8.62. The number of aryl methyl sites for hydroxylation is 1. The third-order valence-electron chi connectivity index (χ3n) is 3.73. The van der Waals surface area contributed by atoms with Crippen LogP contribution in [0.2, 0.25) is 5.02 Å². The zero-order chi connectivity index (χ0) is 20.1. The first-order valence-electron chi connectivity index (χ1n) is 8.45. The second-order valence-corrected chi connectivity index (χ2v) is 6.15. The summed E-state index contributed by atoms with van der Waals surface area (Å²) in [6.45, 7) is 2.05. The van der Waals surface area contributed by atoms with Gasteiger partial charge in [-0.3, -0.25) is 9.48 Å². The molecular weight excluding hydrogens is 386 g/mol. The van der Waals surface area contributed by atoms with Crippen LogP contribution in [0.4, 0.5) is 5.82 Å². The molecule has 0 unspecified atom stereocenters. The first-order chi connectivity index (χ1) is 13.5. The van der Waals surface area contributed by atoms with E-state index in [2.05, 4.69) is 10.4 Å². The van der Waals surface area contributed by atoms with Gasteiger partial charge < -0.3 is 19.2 Å². The number of hydrogen-bond donors (Lipinski definition) is 1. The van der Waals surface area contributed by atoms with Crippen LogP contribution in [0.15, 0.2) is 47.0 Å². The molecular formula is C19H18ClN3O5. The highest BCUT2D eigenvalue weighted by atomic mass is 35.5. The Kier molecular flexibility index (Phi) is 6.00. The Bertz CT molecular complexity index is 995. The maximum Gasteiger partial charge on any atom is 0.343 e. The van der Waals surface area contributed by atoms with Gasteiger partial charge in [-0.2, -0.15) is 5.10 Å². The summed E-state index contributed by atoms with van der Waals surface area (Å²) in [5.74, 6) is 0.242. The third kappa shape index (κ3) is 4.52. The van der Waals surface area contributed by atoms with E-state index in [9.17, 15) is 9.59 Å². The van der Waals surface area contributed by atoms with Crippen molar-refractivity contribution in [1.29, 1.82) is 0 Å². The lowest BCUT2D eigenvalue weighted by molar-refractivity contribution is 0.0527. The van der Waals surface area contributed by atoms with Gasteiger partial charge in [-0.1, -0.05) is 17.7 Å². The summed E-state index contributed by atoms with van der Waals surface area (Å²) < 4.78 is 17.4. The number of benzene rings is 1. The lowest BCUT2D eigenvalue weighted by Gasteiger charge is -2.07. The molecule has 146 valence electrons. The summed E-state index contributed by atoms with van der Waals surface area (Å²) >= 11 is 5.91. The van der Waals surface area contributed by atoms with Gasteiger partial charge in [0.1, 0.15) is 29.5 Å². The number of carbonyl (C=O) groups is 2. The highest BCUT2D eigenvalue weighted by Gasteiger charge is 2.21. The lowest BCUT2D eigenvalue weighted by atomic mass is 10.3. The van der Waals surface area contributed by atoms with Crippen LogP contribution in [0.1, 0.15) is 33.6 Å². The molecule has 1 N–H and O–H groups in total. The number of nitrogens with zero attached hydrogens (tertiary/aromatic N) is 2. The summed E-state index contributed by atoms with van der Waals surface area (Å²) in [6.07, 6.45) is 1.33. The van der Waals surface area contributed by atoms with Crippen molar-refractivity contribution in [3.8, 4) is 5.75 Å². The summed E-state index contributed by atoms with van der Waals surface area (Å²) in [7, 11) is 1.60. The van der Waals surface area contributed by atoms with E-state index in [0.717, 1.165) is 0 Å². The van der Waals surface area contributed by atoms with Gasteiger partial charge in [0, 0.05) is 12.1 Å². The molecule has 1 aromatic carbocycles. The van der Waals surface area contributed by atoms with E-state index in [1.54, 1.807) is 44.3 Å². The van der Waals surface area contributed by atoms with Gasteiger partial charge in [0.15, 0.2) is 5.76 Å². The van der Waals surface area contributed by atoms with Crippen molar-refractivity contribution in [2.45, 2.75) is 13.5 Å². The van der Waals surface area contributed by atoms with Crippen LogP contribution in [-0.2, 0) is 18.4 Å². The maximum absolute atomic E-state index is 12.5. The molecule has 0 saturated heterocycles. The van der Waals surface area contributed by atoms with Crippen molar-refractivity contribution in [2.24, 2.45) is 7.05 Å². The minimum Gasteiger partial charge on any atom is -0.486 e. The van der Waals surface area contributed by atoms with E-state index in [4.69, 9.17) is 25.5 Å². The van der Waals surface area contributed by atoms with Gasteiger partial charge in [0.2, 0.25) is 0 Å². The predicted molar refractivity (Wildman–Crippen MR) is 102 cm³/mol. The summed E-state index contributed by atoms with van der Waals surface area (Å²) in [5, 5.41) is 7.16. The number of rotatable bonds is 7. The number of esters is 1. The van der Waals surface area contributed by atoms with Crippen molar-refractivity contribution in [3.05, 3.63) is 64.7 Å². The molecule has 0 radical (unpaired) electrons. The molecule has 0 aliphatic heterocycles. The van der Waals surface area contributed by atoms with Crippen molar-refractivity contribution in [3.63, 3.8) is 0 Å². The number of anilines is 1. The van der Waals surface area contributed by atoms with Crippen LogP contribution in [0.5, 0.6) is 5.75 Å². The molecule has 3 aromatic rings. The molecule has 0 bridgehead atoms. The Labute approximate surface area is 166 Å². The van der Waals surface area contributed by atoms with Gasteiger partial charge in [0.05, 0.1) is 12.8 Å². The van der Waals surface area contributed by atoms with E-state index in [0.29, 0.717) is 16.5 Å². The predicted octanol–water partition coefficient (Wildman–Crippen LogP) is 3.67. The minimum absolute atomic E-state index is 0.0701. The fraction of sp³-hybridized carbons (Fsp3) is 0.211. The largest absolute Gasteiger partial charge is 0.486 e. The standard InChI is InChI=1S/C19H18ClN3O5/c1-3-26-19(25)15-10-21-23(2)17(15)22-18(24)16-8-7-14(28-16)11-27-13-6-4-5-12(20)9-13/h4-10H,3,11H2,1-2H3,(H,22,24). The van der Waals surface area contributed by atoms with Crippen molar-refractivity contribution in [2.75, 3.05) is 11.9 Å². The number of amides is 1. The molecule has 3 rings (SSSR count). The van der Waals surface area contributed by atoms with Crippen LogP contribution < -0.4 is 10.1 Å². The van der Waals surface area contributed by atoms with E-state index in [1.807, 2.05) is 0 Å². The van der Waals surface area contributed by atoms with Crippen LogP contribution in [0, 0.1) is 0 Å². The number of hydrogen-bond acceptors (Lipinski definition) is 6. The number of halogens is 1. The second-order valence-electron chi connectivity index (χ2n) is 5.72. The maximum atomic E-state index is 12.5. The average Bonchev–Trinajstić information content (AvgIpc) is 3.28. The van der Waals surface area contributed by atoms with E-state index < -0.39 is 11.9 Å². The molecule has 2 aromatic heterocycles. The number of nitrogens with one attached hydrogen (secondary N) is 1. The van der Waals surface area contributed by atoms with Crippen LogP contribution in [0.3, 0.4) is 0 Å². The zero-order valence-electron chi connectivity index (χ0n) is 15.3. The Morgan fingerprint density at radius 3 is 2.86 bits per heavy atom. The van der Waals surface area contributed by atoms with Crippen molar-refractivity contribution < 1.29 is 23.5 Å². The fourth-order valence-corrected chi connectivity index (χ4v) is 2.58.